The number of aliphatic carboxylic acids is 1. The predicted octanol–water partition coefficient (Wildman–Crippen LogP) is 0.488. The molecule has 0 saturated carbocycles. The van der Waals surface area contributed by atoms with Gasteiger partial charge in [0.15, 0.2) is 22.3 Å². The van der Waals surface area contributed by atoms with E-state index >= 15 is 0 Å². The summed E-state index contributed by atoms with van der Waals surface area (Å²) >= 11 is 14.4. The van der Waals surface area contributed by atoms with Crippen LogP contribution >= 0.6 is 46.3 Å². The van der Waals surface area contributed by atoms with E-state index in [4.69, 9.17) is 33.8 Å². The molecule has 4 atom stereocenters. The number of benzene rings is 1. The Morgan fingerprint density at radius 2 is 1.85 bits per heavy atom. The number of carbonyl (C=O) groups excluding carboxylic acids is 5. The van der Waals surface area contributed by atoms with Crippen LogP contribution in [0.3, 0.4) is 0 Å². The van der Waals surface area contributed by atoms with E-state index in [1.165, 1.54) is 37.7 Å². The van der Waals surface area contributed by atoms with Crippen molar-refractivity contribution in [2.24, 2.45) is 22.2 Å². The highest BCUT2D eigenvalue weighted by atomic mass is 35.5. The zero-order valence-electron chi connectivity index (χ0n) is 28.2. The Balaban J connectivity index is 1.14. The number of amides is 4. The minimum atomic E-state index is -1.87. The van der Waals surface area contributed by atoms with Gasteiger partial charge in [0.1, 0.15) is 28.0 Å². The van der Waals surface area contributed by atoms with Crippen molar-refractivity contribution in [1.29, 1.82) is 0 Å². The summed E-state index contributed by atoms with van der Waals surface area (Å²) in [7, 11) is 1.98. The molecule has 3 saturated heterocycles. The molecule has 4 aliphatic heterocycles. The number of thioether (sulfide) groups is 1. The van der Waals surface area contributed by atoms with E-state index in [-0.39, 0.29) is 54.9 Å². The lowest BCUT2D eigenvalue weighted by molar-refractivity contribution is -0.896. The van der Waals surface area contributed by atoms with E-state index in [0.717, 1.165) is 16.2 Å². The number of nitrogens with two attached hydrogens (primary N) is 1. The highest BCUT2D eigenvalue weighted by Crippen LogP contribution is 2.43. The molecule has 4 amide bonds. The van der Waals surface area contributed by atoms with Crippen LogP contribution in [0.2, 0.25) is 9.36 Å². The van der Waals surface area contributed by atoms with E-state index in [2.05, 4.69) is 20.6 Å². The van der Waals surface area contributed by atoms with Crippen LogP contribution in [-0.4, -0.2) is 127 Å². The monoisotopic (exact) mass is 810 g/mol. The Labute approximate surface area is 319 Å². The molecule has 3 fully saturated rings. The standard InChI is InChI=1S/C31H32Cl2N8O10S2/c1-31(2,29(49)37-50)51-38-19(18-23(33)53-30(34)36-18)24(44)35-20-26(46)40-21(28(47)48)14(11-52-27(20)40)10-41(3)8-12-6-39(7-13(12)9-41)25(45)15-4-5-16(42)22(43)17(15)32/h4-5,12-13,20,27H,6-11H2,1-3H3,(H5-,34,35,36,37,38,42,43,44,45,47,48,49,50)/t12?,13?,20-,27-,41?/m1/s1. The summed E-state index contributed by atoms with van der Waals surface area (Å²) in [6, 6.07) is 1.36. The van der Waals surface area contributed by atoms with Crippen molar-refractivity contribution in [1.82, 2.24) is 20.1 Å². The zero-order valence-corrected chi connectivity index (χ0v) is 31.3. The fourth-order valence-electron chi connectivity index (χ4n) is 7.17. The van der Waals surface area contributed by atoms with Gasteiger partial charge in [-0.3, -0.25) is 24.1 Å². The molecule has 282 valence electrons. The number of nitrogens with one attached hydrogen (secondary N) is 1. The minimum Gasteiger partial charge on any atom is -0.543 e. The largest absolute Gasteiger partial charge is 0.543 e. The SMILES string of the molecule is CC(C)(O/N=C(\C(=O)N[C@@H]1C(=O)N2C(C(=O)[O-])=C(C[N+]3(C)CC4CN(C(=O)c5ccc(O)c(O)c5Cl)CC4C3)CS[C@H]12)c1nc(N)sc1Cl)C(=O)N=O. The Morgan fingerprint density at radius 3 is 2.43 bits per heavy atom. The second kappa shape index (κ2) is 14.0. The number of halogens is 2. The van der Waals surface area contributed by atoms with Crippen molar-refractivity contribution in [2.75, 3.05) is 51.3 Å². The van der Waals surface area contributed by atoms with Crippen LogP contribution in [0.15, 0.2) is 33.7 Å². The predicted molar refractivity (Wildman–Crippen MR) is 190 cm³/mol. The van der Waals surface area contributed by atoms with Gasteiger partial charge in [0.25, 0.3) is 17.7 Å². The summed E-state index contributed by atoms with van der Waals surface area (Å²) in [4.78, 5) is 87.4. The molecule has 4 aliphatic rings. The van der Waals surface area contributed by atoms with Gasteiger partial charge in [0.05, 0.1) is 42.4 Å². The third-order valence-corrected chi connectivity index (χ3v) is 12.4. The lowest BCUT2D eigenvalue weighted by Crippen LogP contribution is -2.71. The number of oxime groups is 1. The molecule has 18 nitrogen and oxygen atoms in total. The highest BCUT2D eigenvalue weighted by Gasteiger charge is 2.55. The molecule has 5 N–H and O–H groups in total. The maximum absolute atomic E-state index is 13.5. The maximum atomic E-state index is 13.5. The number of β-lactam (4-membered cyclic amide) rings is 1. The number of hydrogen-bond acceptors (Lipinski definition) is 15. The van der Waals surface area contributed by atoms with Gasteiger partial charge in [-0.2, -0.15) is 0 Å². The fraction of sp³-hybridized carbons (Fsp3) is 0.452. The number of aromatic nitrogens is 1. The molecule has 1 aromatic carbocycles. The molecule has 1 aromatic heterocycles. The summed E-state index contributed by atoms with van der Waals surface area (Å²) < 4.78 is 0.398. The number of quaternary nitrogens is 1. The van der Waals surface area contributed by atoms with Crippen LogP contribution in [0, 0.1) is 16.7 Å². The van der Waals surface area contributed by atoms with Crippen molar-refractivity contribution in [2.45, 2.75) is 30.9 Å². The molecule has 22 heteroatoms. The molecule has 5 heterocycles. The molecule has 0 spiro atoms. The number of anilines is 1. The summed E-state index contributed by atoms with van der Waals surface area (Å²) in [5.74, 6) is -5.45. The number of nitroso groups, excluding NO2 is 1. The van der Waals surface area contributed by atoms with E-state index in [1.807, 2.05) is 7.05 Å². The zero-order chi connectivity index (χ0) is 38.7. The quantitative estimate of drug-likeness (QED) is 0.0637. The summed E-state index contributed by atoms with van der Waals surface area (Å²) in [5, 5.41) is 39.7. The number of carbonyl (C=O) groups is 5. The van der Waals surface area contributed by atoms with Crippen LogP contribution < -0.4 is 16.2 Å². The fourth-order valence-corrected chi connectivity index (χ4v) is 9.68. The van der Waals surface area contributed by atoms with Crippen molar-refractivity contribution < 1.29 is 48.6 Å². The number of carboxylic acid groups (broad SMARTS) is 1. The third kappa shape index (κ3) is 7.00. The lowest BCUT2D eigenvalue weighted by Gasteiger charge is -2.51. The second-order valence-electron chi connectivity index (χ2n) is 13.9. The van der Waals surface area contributed by atoms with Crippen LogP contribution in [0.4, 0.5) is 5.13 Å². The maximum Gasteiger partial charge on any atom is 0.331 e. The molecule has 53 heavy (non-hydrogen) atoms. The van der Waals surface area contributed by atoms with Gasteiger partial charge in [-0.15, -0.1) is 16.7 Å². The Morgan fingerprint density at radius 1 is 1.19 bits per heavy atom. The number of phenolic OH excluding ortho intramolecular Hbond substituents is 2. The number of nitrogen functional groups attached to an aromatic ring is 1. The Hall–Kier alpha value is -4.50. The van der Waals surface area contributed by atoms with Crippen molar-refractivity contribution in [3.8, 4) is 11.5 Å². The smallest absolute Gasteiger partial charge is 0.331 e. The molecule has 0 aliphatic carbocycles. The number of fused-ring (bicyclic) bond motifs is 2. The van der Waals surface area contributed by atoms with Crippen LogP contribution in [0.25, 0.3) is 0 Å². The van der Waals surface area contributed by atoms with E-state index in [9.17, 15) is 44.2 Å². The Kier molecular flexibility index (Phi) is 10.1. The third-order valence-electron chi connectivity index (χ3n) is 9.64. The van der Waals surface area contributed by atoms with Gasteiger partial charge in [0.2, 0.25) is 5.60 Å². The molecule has 6 rings (SSSR count). The molecule has 0 bridgehead atoms. The minimum absolute atomic E-state index is 0.0238. The van der Waals surface area contributed by atoms with Crippen LogP contribution in [-0.2, 0) is 24.0 Å². The van der Waals surface area contributed by atoms with Gasteiger partial charge in [0, 0.05) is 41.4 Å². The molecular weight excluding hydrogens is 779 g/mol. The molecule has 2 unspecified atom stereocenters. The first kappa shape index (κ1) is 38.2. The molecule has 0 radical (unpaired) electrons. The number of likely N-dealkylation sites (tertiary alicyclic amines) is 2. The summed E-state index contributed by atoms with van der Waals surface area (Å²) in [6.45, 7) is 4.76. The first-order chi connectivity index (χ1) is 24.9. The summed E-state index contributed by atoms with van der Waals surface area (Å²) in [6.07, 6.45) is 0. The van der Waals surface area contributed by atoms with Crippen LogP contribution in [0.1, 0.15) is 29.9 Å². The number of hydrogen-bond donors (Lipinski definition) is 4. The Bertz CT molecular complexity index is 2010. The summed E-state index contributed by atoms with van der Waals surface area (Å²) in [5.41, 5.74) is 3.39. The average Bonchev–Trinajstić information content (AvgIpc) is 3.74. The second-order valence-corrected chi connectivity index (χ2v) is 17.0. The highest BCUT2D eigenvalue weighted by molar-refractivity contribution is 8.00. The van der Waals surface area contributed by atoms with E-state index in [0.29, 0.717) is 42.8 Å². The van der Waals surface area contributed by atoms with Crippen molar-refractivity contribution in [3.63, 3.8) is 0 Å². The first-order valence-corrected chi connectivity index (χ1v) is 18.6. The van der Waals surface area contributed by atoms with Crippen LogP contribution in [0.5, 0.6) is 11.5 Å². The number of aromatic hydroxyl groups is 2. The van der Waals surface area contributed by atoms with Gasteiger partial charge in [-0.25, -0.2) is 4.98 Å². The molecule has 2 aromatic rings. The van der Waals surface area contributed by atoms with Gasteiger partial charge < -0.3 is 45.4 Å². The van der Waals surface area contributed by atoms with E-state index < -0.39 is 57.9 Å². The number of rotatable bonds is 10. The number of thiazole rings is 1. The van der Waals surface area contributed by atoms with Gasteiger partial charge in [-0.05, 0) is 26.0 Å². The number of likely N-dealkylation sites (N-methyl/N-ethyl adjacent to an activating group) is 1. The van der Waals surface area contributed by atoms with Gasteiger partial charge in [-0.1, -0.05) is 39.7 Å². The topological polar surface area (TPSA) is 257 Å². The molecular formula is C31H32Cl2N8O10S2. The van der Waals surface area contributed by atoms with Gasteiger partial charge >= 0.3 is 5.91 Å². The number of carboxylic acids is 1. The van der Waals surface area contributed by atoms with Crippen molar-refractivity contribution >= 4 is 86.7 Å². The average molecular weight is 812 g/mol. The normalized spacial score (nSPS) is 25.5. The first-order valence-electron chi connectivity index (χ1n) is 15.9. The van der Waals surface area contributed by atoms with Crippen molar-refractivity contribution in [3.05, 3.63) is 48.9 Å². The lowest BCUT2D eigenvalue weighted by atomic mass is 10.0. The number of phenols is 2. The van der Waals surface area contributed by atoms with E-state index in [1.54, 1.807) is 4.90 Å². The number of nitrogens with zero attached hydrogens (tertiary/aromatic N) is 6.